The van der Waals surface area contributed by atoms with E-state index in [1.165, 1.54) is 0 Å². The van der Waals surface area contributed by atoms with Gasteiger partial charge >= 0.3 is 0 Å². The van der Waals surface area contributed by atoms with Crippen molar-refractivity contribution in [1.82, 2.24) is 4.98 Å². The summed E-state index contributed by atoms with van der Waals surface area (Å²) in [5.74, 6) is 0.877. The van der Waals surface area contributed by atoms with E-state index in [1.54, 1.807) is 7.11 Å². The molecular formula is C17H21ClN2O. The number of benzene rings is 1. The number of nitrogens with zero attached hydrogens (tertiary/aromatic N) is 1. The molecule has 112 valence electrons. The Kier molecular flexibility index (Phi) is 4.86. The number of hydrogen-bond acceptors (Lipinski definition) is 3. The van der Waals surface area contributed by atoms with Gasteiger partial charge in [-0.3, -0.25) is 4.98 Å². The number of rotatable bonds is 4. The molecule has 0 saturated heterocycles. The van der Waals surface area contributed by atoms with Gasteiger partial charge in [-0.2, -0.15) is 0 Å². The van der Waals surface area contributed by atoms with Crippen molar-refractivity contribution in [1.29, 1.82) is 0 Å². The van der Waals surface area contributed by atoms with Crippen LogP contribution >= 0.6 is 11.6 Å². The number of pyridine rings is 1. The SMILES string of the molecule is COc1c(C)cnc(CC(N)c2cccc(C)c2Cl)c1C. The van der Waals surface area contributed by atoms with Gasteiger partial charge in [0.1, 0.15) is 5.75 Å². The van der Waals surface area contributed by atoms with E-state index in [0.29, 0.717) is 6.42 Å². The summed E-state index contributed by atoms with van der Waals surface area (Å²) in [4.78, 5) is 4.50. The maximum atomic E-state index is 6.35. The van der Waals surface area contributed by atoms with Gasteiger partial charge in [-0.25, -0.2) is 0 Å². The second kappa shape index (κ2) is 6.46. The van der Waals surface area contributed by atoms with Crippen molar-refractivity contribution in [3.63, 3.8) is 0 Å². The highest BCUT2D eigenvalue weighted by molar-refractivity contribution is 6.32. The number of halogens is 1. The van der Waals surface area contributed by atoms with Gasteiger partial charge in [0.15, 0.2) is 0 Å². The summed E-state index contributed by atoms with van der Waals surface area (Å²) in [6.45, 7) is 5.98. The van der Waals surface area contributed by atoms with E-state index in [0.717, 1.165) is 38.7 Å². The van der Waals surface area contributed by atoms with Gasteiger partial charge in [0.05, 0.1) is 7.11 Å². The predicted molar refractivity (Wildman–Crippen MR) is 87.1 cm³/mol. The van der Waals surface area contributed by atoms with E-state index in [-0.39, 0.29) is 6.04 Å². The Labute approximate surface area is 131 Å². The van der Waals surface area contributed by atoms with Crippen LogP contribution in [0, 0.1) is 20.8 Å². The van der Waals surface area contributed by atoms with E-state index in [2.05, 4.69) is 4.98 Å². The average Bonchev–Trinajstić information content (AvgIpc) is 2.45. The molecule has 0 aliphatic rings. The highest BCUT2D eigenvalue weighted by Gasteiger charge is 2.16. The van der Waals surface area contributed by atoms with Gasteiger partial charge in [-0.05, 0) is 31.9 Å². The fourth-order valence-corrected chi connectivity index (χ4v) is 2.82. The molecule has 0 bridgehead atoms. The molecule has 3 nitrogen and oxygen atoms in total. The van der Waals surface area contributed by atoms with Crippen LogP contribution in [0.25, 0.3) is 0 Å². The number of hydrogen-bond donors (Lipinski definition) is 1. The molecule has 0 radical (unpaired) electrons. The van der Waals surface area contributed by atoms with Gasteiger partial charge in [0, 0.05) is 40.5 Å². The van der Waals surface area contributed by atoms with Crippen LogP contribution in [-0.2, 0) is 6.42 Å². The van der Waals surface area contributed by atoms with Crippen LogP contribution in [0.1, 0.15) is 34.0 Å². The van der Waals surface area contributed by atoms with E-state index >= 15 is 0 Å². The molecule has 1 aromatic carbocycles. The van der Waals surface area contributed by atoms with Gasteiger partial charge < -0.3 is 10.5 Å². The smallest absolute Gasteiger partial charge is 0.128 e. The highest BCUT2D eigenvalue weighted by Crippen LogP contribution is 2.30. The lowest BCUT2D eigenvalue weighted by Gasteiger charge is -2.17. The standard InChI is InChI=1S/C17H21ClN2O/c1-10-6-5-7-13(16(10)18)14(19)8-15-12(3)17(21-4)11(2)9-20-15/h5-7,9,14H,8,19H2,1-4H3. The van der Waals surface area contributed by atoms with E-state index in [9.17, 15) is 0 Å². The number of aryl methyl sites for hydroxylation is 2. The summed E-state index contributed by atoms with van der Waals surface area (Å²) >= 11 is 6.35. The van der Waals surface area contributed by atoms with Crippen molar-refractivity contribution in [2.75, 3.05) is 7.11 Å². The third-order valence-corrected chi connectivity index (χ3v) is 4.30. The van der Waals surface area contributed by atoms with Crippen molar-refractivity contribution in [3.05, 3.63) is 57.4 Å². The Morgan fingerprint density at radius 1 is 1.24 bits per heavy atom. The summed E-state index contributed by atoms with van der Waals surface area (Å²) in [6.07, 6.45) is 2.46. The van der Waals surface area contributed by atoms with E-state index in [4.69, 9.17) is 22.1 Å². The molecule has 0 aliphatic heterocycles. The largest absolute Gasteiger partial charge is 0.496 e. The maximum Gasteiger partial charge on any atom is 0.128 e. The first-order valence-corrected chi connectivity index (χ1v) is 7.33. The topological polar surface area (TPSA) is 48.1 Å². The normalized spacial score (nSPS) is 12.3. The molecule has 4 heteroatoms. The van der Waals surface area contributed by atoms with Gasteiger partial charge in [-0.1, -0.05) is 29.8 Å². The minimum atomic E-state index is -0.184. The van der Waals surface area contributed by atoms with Crippen LogP contribution in [0.15, 0.2) is 24.4 Å². The lowest BCUT2D eigenvalue weighted by molar-refractivity contribution is 0.406. The second-order valence-corrected chi connectivity index (χ2v) is 5.71. The Hall–Kier alpha value is -1.58. The average molecular weight is 305 g/mol. The molecule has 0 aliphatic carbocycles. The first kappa shape index (κ1) is 15.8. The first-order chi connectivity index (χ1) is 9.95. The molecule has 0 spiro atoms. The summed E-state index contributed by atoms with van der Waals surface area (Å²) in [5, 5.41) is 0.738. The summed E-state index contributed by atoms with van der Waals surface area (Å²) in [7, 11) is 1.68. The number of aromatic nitrogens is 1. The number of methoxy groups -OCH3 is 1. The molecule has 0 saturated carbocycles. The molecule has 0 amide bonds. The molecule has 1 aromatic heterocycles. The Morgan fingerprint density at radius 3 is 2.62 bits per heavy atom. The quantitative estimate of drug-likeness (QED) is 0.931. The van der Waals surface area contributed by atoms with Gasteiger partial charge in [0.25, 0.3) is 0 Å². The van der Waals surface area contributed by atoms with Gasteiger partial charge in [-0.15, -0.1) is 0 Å². The summed E-state index contributed by atoms with van der Waals surface area (Å²) in [5.41, 5.74) is 11.3. The third kappa shape index (κ3) is 3.20. The van der Waals surface area contributed by atoms with Gasteiger partial charge in [0.2, 0.25) is 0 Å². The molecule has 2 N–H and O–H groups in total. The van der Waals surface area contributed by atoms with Crippen LogP contribution in [0.4, 0.5) is 0 Å². The Morgan fingerprint density at radius 2 is 1.95 bits per heavy atom. The predicted octanol–water partition coefficient (Wildman–Crippen LogP) is 3.91. The molecule has 1 atom stereocenters. The monoisotopic (exact) mass is 304 g/mol. The lowest BCUT2D eigenvalue weighted by atomic mass is 9.98. The fourth-order valence-electron chi connectivity index (χ4n) is 2.55. The van der Waals surface area contributed by atoms with Crippen LogP contribution in [0.5, 0.6) is 5.75 Å². The van der Waals surface area contributed by atoms with E-state index in [1.807, 2.05) is 45.2 Å². The fraction of sp³-hybridized carbons (Fsp3) is 0.353. The third-order valence-electron chi connectivity index (χ3n) is 3.78. The molecular weight excluding hydrogens is 284 g/mol. The van der Waals surface area contributed by atoms with Crippen molar-refractivity contribution in [3.8, 4) is 5.75 Å². The summed E-state index contributed by atoms with van der Waals surface area (Å²) in [6, 6.07) is 5.75. The van der Waals surface area contributed by atoms with Crippen molar-refractivity contribution in [2.24, 2.45) is 5.73 Å². The van der Waals surface area contributed by atoms with Crippen molar-refractivity contribution >= 4 is 11.6 Å². The zero-order valence-corrected chi connectivity index (χ0v) is 13.7. The Bertz CT molecular complexity index is 655. The highest BCUT2D eigenvalue weighted by atomic mass is 35.5. The minimum Gasteiger partial charge on any atom is -0.496 e. The Balaban J connectivity index is 2.32. The van der Waals surface area contributed by atoms with Crippen LogP contribution in [-0.4, -0.2) is 12.1 Å². The second-order valence-electron chi connectivity index (χ2n) is 5.33. The zero-order chi connectivity index (χ0) is 15.6. The molecule has 1 heterocycles. The molecule has 2 rings (SSSR count). The maximum absolute atomic E-state index is 6.35. The van der Waals surface area contributed by atoms with Crippen LogP contribution < -0.4 is 10.5 Å². The molecule has 21 heavy (non-hydrogen) atoms. The lowest BCUT2D eigenvalue weighted by Crippen LogP contribution is -2.16. The molecule has 1 unspecified atom stereocenters. The van der Waals surface area contributed by atoms with Crippen LogP contribution in [0.2, 0.25) is 5.02 Å². The molecule has 0 fully saturated rings. The number of ether oxygens (including phenoxy) is 1. The van der Waals surface area contributed by atoms with Crippen molar-refractivity contribution < 1.29 is 4.74 Å². The zero-order valence-electron chi connectivity index (χ0n) is 12.9. The molecule has 2 aromatic rings. The first-order valence-electron chi connectivity index (χ1n) is 6.95. The van der Waals surface area contributed by atoms with Crippen LogP contribution in [0.3, 0.4) is 0 Å². The summed E-state index contributed by atoms with van der Waals surface area (Å²) < 4.78 is 5.44. The van der Waals surface area contributed by atoms with E-state index < -0.39 is 0 Å². The minimum absolute atomic E-state index is 0.184. The van der Waals surface area contributed by atoms with Crippen molar-refractivity contribution in [2.45, 2.75) is 33.2 Å². The number of nitrogens with two attached hydrogens (primary N) is 1.